The van der Waals surface area contributed by atoms with Crippen LogP contribution >= 0.6 is 0 Å². The highest BCUT2D eigenvalue weighted by Crippen LogP contribution is 2.34. The number of halogens is 4. The summed E-state index contributed by atoms with van der Waals surface area (Å²) in [5.41, 5.74) is -0.560. The summed E-state index contributed by atoms with van der Waals surface area (Å²) >= 11 is 0. The highest BCUT2D eigenvalue weighted by Gasteiger charge is 2.31. The Kier molecular flexibility index (Phi) is 5.69. The number of benzene rings is 2. The van der Waals surface area contributed by atoms with E-state index in [-0.39, 0.29) is 29.0 Å². The summed E-state index contributed by atoms with van der Waals surface area (Å²) in [5, 5.41) is 32.2. The van der Waals surface area contributed by atoms with Crippen molar-refractivity contribution in [2.45, 2.75) is 18.6 Å². The topological polar surface area (TPSA) is 144 Å². The van der Waals surface area contributed by atoms with Gasteiger partial charge in [-0.1, -0.05) is 18.2 Å². The number of alkyl halides is 3. The predicted molar refractivity (Wildman–Crippen MR) is 111 cm³/mol. The Morgan fingerprint density at radius 2 is 1.85 bits per heavy atom. The first-order valence-corrected chi connectivity index (χ1v) is 9.62. The maximum Gasteiger partial charge on any atom is 0.416 e. The summed E-state index contributed by atoms with van der Waals surface area (Å²) in [5.74, 6) is -4.15. The molecule has 34 heavy (non-hydrogen) atoms. The second kappa shape index (κ2) is 8.50. The third-order valence-electron chi connectivity index (χ3n) is 4.83. The van der Waals surface area contributed by atoms with Crippen LogP contribution < -0.4 is 5.32 Å². The van der Waals surface area contributed by atoms with Gasteiger partial charge in [0.25, 0.3) is 5.88 Å². The molecule has 0 fully saturated rings. The Balaban J connectivity index is 1.65. The van der Waals surface area contributed by atoms with Gasteiger partial charge < -0.3 is 25.6 Å². The van der Waals surface area contributed by atoms with Crippen molar-refractivity contribution in [1.82, 2.24) is 19.9 Å². The third kappa shape index (κ3) is 4.67. The number of hydrogen-bond acceptors (Lipinski definition) is 7. The number of carboxylic acid groups (broad SMARTS) is 1. The maximum atomic E-state index is 13.4. The van der Waals surface area contributed by atoms with E-state index in [1.807, 2.05) is 0 Å². The molecule has 176 valence electrons. The van der Waals surface area contributed by atoms with Crippen molar-refractivity contribution in [3.63, 3.8) is 0 Å². The average molecular weight is 477 g/mol. The molecule has 9 nitrogen and oxygen atoms in total. The van der Waals surface area contributed by atoms with Gasteiger partial charge in [-0.3, -0.25) is 0 Å². The highest BCUT2D eigenvalue weighted by molar-refractivity contribution is 5.81. The fourth-order valence-electron chi connectivity index (χ4n) is 3.23. The number of carboxylic acids is 1. The minimum Gasteiger partial charge on any atom is -0.502 e. The zero-order valence-corrected chi connectivity index (χ0v) is 16.9. The number of carbonyl (C=O) groups is 1. The number of imidazole rings is 1. The van der Waals surface area contributed by atoms with Gasteiger partial charge in [0.2, 0.25) is 11.7 Å². The maximum absolute atomic E-state index is 13.4. The standard InChI is InChI=1S/C21H15F4N5O4/c22-11-4-5-12-13(8-11)27-17(26-12)15-16(31)18(32)30-20(29-15)28-14(19(33)34)7-9-2-1-3-10(6-9)21(23,24)25/h1-6,8,14,31H,7H2,(H,26,27)(H,33,34)(H2,28,29,30,32)/t14-/m0/s1. The van der Waals surface area contributed by atoms with Crippen molar-refractivity contribution in [2.75, 3.05) is 5.32 Å². The van der Waals surface area contributed by atoms with E-state index in [9.17, 15) is 37.7 Å². The number of aromatic nitrogens is 4. The Labute approximate surface area is 187 Å². The van der Waals surface area contributed by atoms with Crippen LogP contribution in [-0.2, 0) is 17.4 Å². The molecule has 0 radical (unpaired) electrons. The second-order valence-electron chi connectivity index (χ2n) is 7.25. The first-order chi connectivity index (χ1) is 16.0. The Bertz CT molecular complexity index is 1390. The molecule has 0 aliphatic heterocycles. The van der Waals surface area contributed by atoms with Crippen molar-refractivity contribution >= 4 is 23.0 Å². The number of hydrogen-bond donors (Lipinski definition) is 5. The quantitative estimate of drug-likeness (QED) is 0.265. The lowest BCUT2D eigenvalue weighted by atomic mass is 10.0. The number of aromatic hydroxyl groups is 2. The van der Waals surface area contributed by atoms with Gasteiger partial charge in [-0.05, 0) is 23.8 Å². The minimum absolute atomic E-state index is 0.0661. The van der Waals surface area contributed by atoms with Crippen LogP contribution in [-0.4, -0.2) is 47.3 Å². The fraction of sp³-hybridized carbons (Fsp3) is 0.143. The van der Waals surface area contributed by atoms with Gasteiger partial charge >= 0.3 is 12.1 Å². The van der Waals surface area contributed by atoms with Gasteiger partial charge in [0.15, 0.2) is 11.5 Å². The van der Waals surface area contributed by atoms with Crippen LogP contribution in [0.4, 0.5) is 23.5 Å². The Hall–Kier alpha value is -4.42. The molecule has 2 aromatic heterocycles. The van der Waals surface area contributed by atoms with Gasteiger partial charge in [0, 0.05) is 12.5 Å². The summed E-state index contributed by atoms with van der Waals surface area (Å²) in [4.78, 5) is 26.2. The van der Waals surface area contributed by atoms with Crippen LogP contribution in [0.25, 0.3) is 22.6 Å². The summed E-state index contributed by atoms with van der Waals surface area (Å²) in [7, 11) is 0. The van der Waals surface area contributed by atoms with Gasteiger partial charge in [-0.25, -0.2) is 19.2 Å². The number of fused-ring (bicyclic) bond motifs is 1. The molecule has 5 N–H and O–H groups in total. The van der Waals surface area contributed by atoms with E-state index in [0.29, 0.717) is 5.52 Å². The van der Waals surface area contributed by atoms with Crippen molar-refractivity contribution < 1.29 is 37.7 Å². The van der Waals surface area contributed by atoms with Crippen LogP contribution in [0.1, 0.15) is 11.1 Å². The number of nitrogens with one attached hydrogen (secondary N) is 2. The van der Waals surface area contributed by atoms with Crippen LogP contribution in [0, 0.1) is 5.82 Å². The molecule has 1 atom stereocenters. The van der Waals surface area contributed by atoms with Crippen LogP contribution in [0.5, 0.6) is 11.6 Å². The zero-order chi connectivity index (χ0) is 24.6. The number of aromatic amines is 1. The molecule has 2 heterocycles. The first-order valence-electron chi connectivity index (χ1n) is 9.62. The summed E-state index contributed by atoms with van der Waals surface area (Å²) < 4.78 is 52.3. The molecule has 0 unspecified atom stereocenters. The molecule has 0 aliphatic carbocycles. The number of aliphatic carboxylic acids is 1. The summed E-state index contributed by atoms with van der Waals surface area (Å²) in [6.07, 6.45) is -4.97. The van der Waals surface area contributed by atoms with E-state index in [0.717, 1.165) is 24.3 Å². The fourth-order valence-corrected chi connectivity index (χ4v) is 3.23. The van der Waals surface area contributed by atoms with Gasteiger partial charge in [-0.15, -0.1) is 0 Å². The number of anilines is 1. The van der Waals surface area contributed by atoms with Crippen molar-refractivity contribution in [2.24, 2.45) is 0 Å². The lowest BCUT2D eigenvalue weighted by Gasteiger charge is -2.16. The Morgan fingerprint density at radius 1 is 1.09 bits per heavy atom. The van der Waals surface area contributed by atoms with Crippen molar-refractivity contribution in [3.05, 3.63) is 59.4 Å². The summed E-state index contributed by atoms with van der Waals surface area (Å²) in [6.45, 7) is 0. The largest absolute Gasteiger partial charge is 0.502 e. The van der Waals surface area contributed by atoms with Gasteiger partial charge in [0.05, 0.1) is 16.6 Å². The molecule has 4 rings (SSSR count). The molecule has 4 aromatic rings. The van der Waals surface area contributed by atoms with Gasteiger partial charge in [0.1, 0.15) is 11.9 Å². The van der Waals surface area contributed by atoms with Crippen LogP contribution in [0.15, 0.2) is 42.5 Å². The summed E-state index contributed by atoms with van der Waals surface area (Å²) in [6, 6.07) is 6.40. The molecule has 0 aliphatic rings. The lowest BCUT2D eigenvalue weighted by Crippen LogP contribution is -2.32. The normalized spacial score (nSPS) is 12.6. The molecule has 0 amide bonds. The van der Waals surface area contributed by atoms with Crippen LogP contribution in [0.2, 0.25) is 0 Å². The average Bonchev–Trinajstić information content (AvgIpc) is 3.18. The molecule has 2 aromatic carbocycles. The van der Waals surface area contributed by atoms with E-state index in [1.165, 1.54) is 18.2 Å². The van der Waals surface area contributed by atoms with Crippen LogP contribution in [0.3, 0.4) is 0 Å². The molecule has 0 spiro atoms. The van der Waals surface area contributed by atoms with Crippen molar-refractivity contribution in [3.8, 4) is 23.1 Å². The van der Waals surface area contributed by atoms with Crippen molar-refractivity contribution in [1.29, 1.82) is 0 Å². The SMILES string of the molecule is O=C(O)[C@H](Cc1cccc(C(F)(F)F)c1)Nc1nc(O)c(O)c(-c2nc3cc(F)ccc3[nH]2)n1. The molecular weight excluding hydrogens is 462 g/mol. The molecule has 0 bridgehead atoms. The molecule has 13 heteroatoms. The monoisotopic (exact) mass is 477 g/mol. The van der Waals surface area contributed by atoms with E-state index < -0.39 is 47.1 Å². The molecule has 0 saturated carbocycles. The highest BCUT2D eigenvalue weighted by atomic mass is 19.4. The minimum atomic E-state index is -4.60. The number of rotatable bonds is 6. The Morgan fingerprint density at radius 3 is 2.56 bits per heavy atom. The zero-order valence-electron chi connectivity index (χ0n) is 16.9. The van der Waals surface area contributed by atoms with Gasteiger partial charge in [-0.2, -0.15) is 18.2 Å². The van der Waals surface area contributed by atoms with E-state index in [1.54, 1.807) is 0 Å². The predicted octanol–water partition coefficient (Wildman–Crippen LogP) is 3.70. The third-order valence-corrected chi connectivity index (χ3v) is 4.83. The van der Waals surface area contributed by atoms with E-state index >= 15 is 0 Å². The second-order valence-corrected chi connectivity index (χ2v) is 7.25. The van der Waals surface area contributed by atoms with E-state index in [2.05, 4.69) is 25.3 Å². The lowest BCUT2D eigenvalue weighted by molar-refractivity contribution is -0.138. The number of H-pyrrole nitrogens is 1. The smallest absolute Gasteiger partial charge is 0.416 e. The van der Waals surface area contributed by atoms with E-state index in [4.69, 9.17) is 0 Å². The first kappa shape index (κ1) is 22.8. The number of nitrogens with zero attached hydrogens (tertiary/aromatic N) is 3. The molecular formula is C21H15F4N5O4. The molecule has 0 saturated heterocycles.